The van der Waals surface area contributed by atoms with Crippen LogP contribution < -0.4 is 5.32 Å². The Balaban J connectivity index is 2.34. The zero-order chi connectivity index (χ0) is 12.6. The number of benzene rings is 1. The summed E-state index contributed by atoms with van der Waals surface area (Å²) in [4.78, 5) is 12.0. The molecule has 92 valence electrons. The normalized spacial score (nSPS) is 24.0. The number of ketones is 1. The molecule has 5 heteroatoms. The fraction of sp³-hybridized carbons (Fsp3) is 0.417. The van der Waals surface area contributed by atoms with Crippen LogP contribution in [0.4, 0.5) is 13.2 Å². The summed E-state index contributed by atoms with van der Waals surface area (Å²) in [6.45, 7) is 2.97. The van der Waals surface area contributed by atoms with Crippen molar-refractivity contribution in [2.75, 3.05) is 13.1 Å². The predicted molar refractivity (Wildman–Crippen MR) is 56.2 cm³/mol. The minimum Gasteiger partial charge on any atom is -0.316 e. The van der Waals surface area contributed by atoms with Gasteiger partial charge in [0.2, 0.25) is 0 Å². The highest BCUT2D eigenvalue weighted by Crippen LogP contribution is 2.24. The van der Waals surface area contributed by atoms with Gasteiger partial charge in [-0.2, -0.15) is 0 Å². The number of nitrogens with one attached hydrogen (secondary N) is 1. The highest BCUT2D eigenvalue weighted by Gasteiger charge is 2.32. The van der Waals surface area contributed by atoms with E-state index in [0.717, 1.165) is 12.1 Å². The van der Waals surface area contributed by atoms with E-state index in [4.69, 9.17) is 0 Å². The summed E-state index contributed by atoms with van der Waals surface area (Å²) in [6, 6.07) is 1.78. The first-order valence-corrected chi connectivity index (χ1v) is 5.40. The van der Waals surface area contributed by atoms with Gasteiger partial charge in [0.1, 0.15) is 0 Å². The highest BCUT2D eigenvalue weighted by atomic mass is 19.2. The van der Waals surface area contributed by atoms with E-state index in [0.29, 0.717) is 13.1 Å². The fourth-order valence-corrected chi connectivity index (χ4v) is 2.08. The van der Waals surface area contributed by atoms with Gasteiger partial charge in [0.05, 0.1) is 5.56 Å². The number of carbonyl (C=O) groups excluding carboxylic acids is 1. The van der Waals surface area contributed by atoms with Gasteiger partial charge in [0, 0.05) is 12.5 Å². The number of carbonyl (C=O) groups is 1. The quantitative estimate of drug-likeness (QED) is 0.637. The number of hydrogen-bond donors (Lipinski definition) is 1. The minimum absolute atomic E-state index is 0.0648. The van der Waals surface area contributed by atoms with Crippen LogP contribution in [0.5, 0.6) is 0 Å². The van der Waals surface area contributed by atoms with Crippen LogP contribution in [0, 0.1) is 29.3 Å². The van der Waals surface area contributed by atoms with Crippen molar-refractivity contribution >= 4 is 5.78 Å². The molecule has 2 nitrogen and oxygen atoms in total. The summed E-state index contributed by atoms with van der Waals surface area (Å²) in [5.74, 6) is -5.05. The van der Waals surface area contributed by atoms with Crippen LogP contribution in [0.15, 0.2) is 12.1 Å². The van der Waals surface area contributed by atoms with Gasteiger partial charge in [-0.15, -0.1) is 0 Å². The Morgan fingerprint density at radius 1 is 1.24 bits per heavy atom. The lowest BCUT2D eigenvalue weighted by Crippen LogP contribution is -2.23. The molecule has 1 aliphatic heterocycles. The van der Waals surface area contributed by atoms with Crippen molar-refractivity contribution in [2.24, 2.45) is 11.8 Å². The van der Waals surface area contributed by atoms with Gasteiger partial charge in [-0.25, -0.2) is 13.2 Å². The molecule has 1 N–H and O–H groups in total. The van der Waals surface area contributed by atoms with E-state index in [1.807, 2.05) is 6.92 Å². The van der Waals surface area contributed by atoms with Gasteiger partial charge >= 0.3 is 0 Å². The Hall–Kier alpha value is -1.36. The van der Waals surface area contributed by atoms with Crippen molar-refractivity contribution < 1.29 is 18.0 Å². The van der Waals surface area contributed by atoms with Crippen LogP contribution in [0.3, 0.4) is 0 Å². The minimum atomic E-state index is -1.59. The van der Waals surface area contributed by atoms with Gasteiger partial charge < -0.3 is 5.32 Å². The number of Topliss-reactive ketones (excluding diaryl/α,β-unsaturated/α-hetero) is 1. The van der Waals surface area contributed by atoms with E-state index in [9.17, 15) is 18.0 Å². The standard InChI is InChI=1S/C12H12F3NO/c1-6-4-16-5-8(6)12(17)7-2-3-9(13)11(15)10(7)14/h2-3,6,8,16H,4-5H2,1H3. The Morgan fingerprint density at radius 2 is 1.94 bits per heavy atom. The maximum absolute atomic E-state index is 13.4. The van der Waals surface area contributed by atoms with Gasteiger partial charge in [0.15, 0.2) is 23.2 Å². The average Bonchev–Trinajstić information content (AvgIpc) is 2.72. The Kier molecular flexibility index (Phi) is 3.19. The molecule has 0 aromatic heterocycles. The lowest BCUT2D eigenvalue weighted by Gasteiger charge is -2.13. The molecular formula is C12H12F3NO. The summed E-state index contributed by atoms with van der Waals surface area (Å²) in [5.41, 5.74) is -0.371. The monoisotopic (exact) mass is 243 g/mol. The highest BCUT2D eigenvalue weighted by molar-refractivity contribution is 5.98. The molecule has 0 bridgehead atoms. The summed E-state index contributed by atoms with van der Waals surface area (Å²) in [6.07, 6.45) is 0. The second-order valence-corrected chi connectivity index (χ2v) is 4.33. The Bertz CT molecular complexity index is 461. The van der Waals surface area contributed by atoms with Gasteiger partial charge in [-0.05, 0) is 24.6 Å². The van der Waals surface area contributed by atoms with Crippen molar-refractivity contribution in [3.8, 4) is 0 Å². The van der Waals surface area contributed by atoms with Crippen LogP contribution in [-0.2, 0) is 0 Å². The average molecular weight is 243 g/mol. The Labute approximate surface area is 96.8 Å². The molecule has 17 heavy (non-hydrogen) atoms. The SMILES string of the molecule is CC1CNCC1C(=O)c1ccc(F)c(F)c1F. The lowest BCUT2D eigenvalue weighted by molar-refractivity contribution is 0.0902. The zero-order valence-corrected chi connectivity index (χ0v) is 9.27. The molecule has 1 saturated heterocycles. The molecule has 0 amide bonds. The van der Waals surface area contributed by atoms with Crippen LogP contribution in [0.25, 0.3) is 0 Å². The molecular weight excluding hydrogens is 231 g/mol. The summed E-state index contributed by atoms with van der Waals surface area (Å²) >= 11 is 0. The molecule has 0 aliphatic carbocycles. The molecule has 0 spiro atoms. The maximum atomic E-state index is 13.4. The Morgan fingerprint density at radius 3 is 2.53 bits per heavy atom. The predicted octanol–water partition coefficient (Wildman–Crippen LogP) is 2.14. The van der Waals surface area contributed by atoms with Crippen molar-refractivity contribution in [1.82, 2.24) is 5.32 Å². The van der Waals surface area contributed by atoms with E-state index in [1.54, 1.807) is 0 Å². The largest absolute Gasteiger partial charge is 0.316 e. The molecule has 1 aromatic carbocycles. The third-order valence-electron chi connectivity index (χ3n) is 3.15. The van der Waals surface area contributed by atoms with E-state index in [2.05, 4.69) is 5.32 Å². The van der Waals surface area contributed by atoms with Crippen LogP contribution in [-0.4, -0.2) is 18.9 Å². The summed E-state index contributed by atoms with van der Waals surface area (Å²) in [5, 5.41) is 3.01. The first-order chi connectivity index (χ1) is 8.02. The maximum Gasteiger partial charge on any atom is 0.195 e. The summed E-state index contributed by atoms with van der Waals surface area (Å²) in [7, 11) is 0. The molecule has 0 radical (unpaired) electrons. The van der Waals surface area contributed by atoms with Crippen LogP contribution >= 0.6 is 0 Å². The third kappa shape index (κ3) is 2.07. The lowest BCUT2D eigenvalue weighted by atomic mass is 9.89. The van der Waals surface area contributed by atoms with Crippen molar-refractivity contribution in [3.63, 3.8) is 0 Å². The van der Waals surface area contributed by atoms with E-state index < -0.39 is 23.2 Å². The van der Waals surface area contributed by atoms with Crippen molar-refractivity contribution in [3.05, 3.63) is 35.1 Å². The molecule has 1 aromatic rings. The van der Waals surface area contributed by atoms with E-state index in [1.165, 1.54) is 0 Å². The smallest absolute Gasteiger partial charge is 0.195 e. The van der Waals surface area contributed by atoms with Crippen LogP contribution in [0.2, 0.25) is 0 Å². The molecule has 2 rings (SSSR count). The zero-order valence-electron chi connectivity index (χ0n) is 9.27. The fourth-order valence-electron chi connectivity index (χ4n) is 2.08. The molecule has 2 atom stereocenters. The third-order valence-corrected chi connectivity index (χ3v) is 3.15. The second kappa shape index (κ2) is 4.49. The van der Waals surface area contributed by atoms with Gasteiger partial charge in [0.25, 0.3) is 0 Å². The molecule has 0 saturated carbocycles. The number of hydrogen-bond acceptors (Lipinski definition) is 2. The molecule has 2 unspecified atom stereocenters. The second-order valence-electron chi connectivity index (χ2n) is 4.33. The molecule has 1 heterocycles. The van der Waals surface area contributed by atoms with Gasteiger partial charge in [-0.1, -0.05) is 6.92 Å². The number of halogens is 3. The summed E-state index contributed by atoms with van der Waals surface area (Å²) < 4.78 is 39.2. The first-order valence-electron chi connectivity index (χ1n) is 5.40. The molecule has 1 aliphatic rings. The van der Waals surface area contributed by atoms with Crippen molar-refractivity contribution in [1.29, 1.82) is 0 Å². The topological polar surface area (TPSA) is 29.1 Å². The van der Waals surface area contributed by atoms with E-state index in [-0.39, 0.29) is 17.4 Å². The van der Waals surface area contributed by atoms with E-state index >= 15 is 0 Å². The first kappa shape index (κ1) is 12.1. The van der Waals surface area contributed by atoms with Crippen LogP contribution in [0.1, 0.15) is 17.3 Å². The molecule has 1 fully saturated rings. The number of rotatable bonds is 2. The van der Waals surface area contributed by atoms with Crippen molar-refractivity contribution in [2.45, 2.75) is 6.92 Å². The van der Waals surface area contributed by atoms with Gasteiger partial charge in [-0.3, -0.25) is 4.79 Å².